The van der Waals surface area contributed by atoms with Crippen molar-refractivity contribution in [2.45, 2.75) is 6.54 Å². The van der Waals surface area contributed by atoms with Gasteiger partial charge in [0.25, 0.3) is 5.91 Å². The molecule has 0 spiro atoms. The molecule has 8 heteroatoms. The molecule has 0 atom stereocenters. The van der Waals surface area contributed by atoms with Crippen LogP contribution in [0.3, 0.4) is 0 Å². The molecular formula is C21H18N4O3S. The number of H-pyrrole nitrogens is 1. The van der Waals surface area contributed by atoms with Crippen LogP contribution in [0.5, 0.6) is 5.75 Å². The Morgan fingerprint density at radius 2 is 2.14 bits per heavy atom. The normalized spacial score (nSPS) is 10.8. The molecule has 0 saturated carbocycles. The van der Waals surface area contributed by atoms with Crippen LogP contribution in [-0.2, 0) is 6.54 Å². The number of nitrogens with zero attached hydrogens (tertiary/aromatic N) is 1. The van der Waals surface area contributed by atoms with Crippen molar-refractivity contribution in [3.63, 3.8) is 0 Å². The van der Waals surface area contributed by atoms with Gasteiger partial charge >= 0.3 is 0 Å². The first-order valence-corrected chi connectivity index (χ1v) is 9.70. The summed E-state index contributed by atoms with van der Waals surface area (Å²) in [6, 6.07) is 10.8. The molecule has 0 aliphatic rings. The third-order valence-electron chi connectivity index (χ3n) is 4.61. The van der Waals surface area contributed by atoms with Gasteiger partial charge < -0.3 is 20.8 Å². The Morgan fingerprint density at radius 3 is 2.86 bits per heavy atom. The summed E-state index contributed by atoms with van der Waals surface area (Å²) in [5.41, 5.74) is 9.47. The number of hydrogen-bond acceptors (Lipinski definition) is 6. The predicted octanol–water partition coefficient (Wildman–Crippen LogP) is 3.37. The van der Waals surface area contributed by atoms with Crippen molar-refractivity contribution < 1.29 is 9.53 Å². The Hall–Kier alpha value is -3.65. The highest BCUT2D eigenvalue weighted by Gasteiger charge is 2.17. The Bertz CT molecular complexity index is 1240. The molecule has 29 heavy (non-hydrogen) atoms. The maximum atomic E-state index is 11.9. The smallest absolute Gasteiger partial charge is 0.260 e. The number of pyridine rings is 2. The number of ether oxygens (including phenoxy) is 1. The van der Waals surface area contributed by atoms with Crippen molar-refractivity contribution in [2.75, 3.05) is 12.4 Å². The van der Waals surface area contributed by atoms with Gasteiger partial charge in [-0.05, 0) is 29.8 Å². The summed E-state index contributed by atoms with van der Waals surface area (Å²) in [6.07, 6.45) is 3.36. The quantitative estimate of drug-likeness (QED) is 0.455. The van der Waals surface area contributed by atoms with Crippen LogP contribution in [0, 0.1) is 0 Å². The van der Waals surface area contributed by atoms with Gasteiger partial charge in [-0.2, -0.15) is 0 Å². The summed E-state index contributed by atoms with van der Waals surface area (Å²) in [4.78, 5) is 30.8. The van der Waals surface area contributed by atoms with Gasteiger partial charge in [-0.1, -0.05) is 0 Å². The molecule has 0 radical (unpaired) electrons. The van der Waals surface area contributed by atoms with Crippen molar-refractivity contribution in [3.8, 4) is 16.9 Å². The minimum atomic E-state index is -0.502. The fourth-order valence-electron chi connectivity index (χ4n) is 3.16. The Kier molecular flexibility index (Phi) is 5.01. The highest BCUT2D eigenvalue weighted by Crippen LogP contribution is 2.36. The zero-order valence-electron chi connectivity index (χ0n) is 15.6. The van der Waals surface area contributed by atoms with Crippen molar-refractivity contribution in [2.24, 2.45) is 5.73 Å². The molecule has 4 aromatic rings. The number of amides is 1. The maximum absolute atomic E-state index is 11.9. The third kappa shape index (κ3) is 3.70. The van der Waals surface area contributed by atoms with Crippen LogP contribution in [0.1, 0.15) is 15.2 Å². The molecule has 0 aliphatic heterocycles. The van der Waals surface area contributed by atoms with Crippen molar-refractivity contribution >= 4 is 33.8 Å². The summed E-state index contributed by atoms with van der Waals surface area (Å²) in [6.45, 7) is 0.471. The van der Waals surface area contributed by atoms with Crippen LogP contribution in [-0.4, -0.2) is 23.0 Å². The van der Waals surface area contributed by atoms with E-state index in [9.17, 15) is 9.59 Å². The highest BCUT2D eigenvalue weighted by molar-refractivity contribution is 7.13. The van der Waals surface area contributed by atoms with Gasteiger partial charge in [-0.15, -0.1) is 11.3 Å². The molecule has 0 unspecified atom stereocenters. The summed E-state index contributed by atoms with van der Waals surface area (Å²) in [7, 11) is 1.62. The monoisotopic (exact) mass is 406 g/mol. The number of rotatable bonds is 6. The zero-order chi connectivity index (χ0) is 20.4. The summed E-state index contributed by atoms with van der Waals surface area (Å²) >= 11 is 1.27. The van der Waals surface area contributed by atoms with Gasteiger partial charge in [0.05, 0.1) is 18.3 Å². The molecule has 0 saturated heterocycles. The highest BCUT2D eigenvalue weighted by atomic mass is 32.1. The SMILES string of the molecule is COc1ccc2c(CNc3c(-c4ccc(=O)[nH]c4)csc3C(N)=O)ccnc2c1. The van der Waals surface area contributed by atoms with Crippen LogP contribution in [0.2, 0.25) is 0 Å². The van der Waals surface area contributed by atoms with E-state index in [1.807, 2.05) is 29.6 Å². The number of carbonyl (C=O) groups is 1. The standard InChI is InChI=1S/C21H18N4O3S/c1-28-14-3-4-15-13(6-7-23-17(15)8-14)10-25-19-16(11-29-20(19)21(22)27)12-2-5-18(26)24-9-12/h2-9,11,25H,10H2,1H3,(H2,22,27)(H,24,26). The van der Waals surface area contributed by atoms with Gasteiger partial charge in [0, 0.05) is 53.0 Å². The number of aromatic nitrogens is 2. The van der Waals surface area contributed by atoms with Crippen LogP contribution in [0.15, 0.2) is 59.0 Å². The van der Waals surface area contributed by atoms with Crippen molar-refractivity contribution in [1.29, 1.82) is 0 Å². The van der Waals surface area contributed by atoms with Gasteiger partial charge in [0.15, 0.2) is 0 Å². The van der Waals surface area contributed by atoms with Crippen LogP contribution >= 0.6 is 11.3 Å². The lowest BCUT2D eigenvalue weighted by atomic mass is 10.1. The number of nitrogens with two attached hydrogens (primary N) is 1. The number of thiophene rings is 1. The fourth-order valence-corrected chi connectivity index (χ4v) is 4.06. The van der Waals surface area contributed by atoms with Crippen LogP contribution in [0.4, 0.5) is 5.69 Å². The molecule has 3 heterocycles. The molecule has 0 bridgehead atoms. The van der Waals surface area contributed by atoms with Crippen LogP contribution in [0.25, 0.3) is 22.0 Å². The molecule has 4 rings (SSSR count). The first kappa shape index (κ1) is 18.7. The van der Waals surface area contributed by atoms with Gasteiger partial charge in [-0.3, -0.25) is 14.6 Å². The van der Waals surface area contributed by atoms with E-state index in [1.165, 1.54) is 17.4 Å². The minimum Gasteiger partial charge on any atom is -0.497 e. The Morgan fingerprint density at radius 1 is 1.28 bits per heavy atom. The molecule has 1 aromatic carbocycles. The third-order valence-corrected chi connectivity index (χ3v) is 5.60. The molecule has 7 nitrogen and oxygen atoms in total. The predicted molar refractivity (Wildman–Crippen MR) is 115 cm³/mol. The number of aromatic amines is 1. The number of methoxy groups -OCH3 is 1. The number of hydrogen-bond donors (Lipinski definition) is 3. The van der Waals surface area contributed by atoms with E-state index in [1.54, 1.807) is 25.6 Å². The Balaban J connectivity index is 1.70. The second kappa shape index (κ2) is 7.76. The number of anilines is 1. The number of nitrogens with one attached hydrogen (secondary N) is 2. The van der Waals surface area contributed by atoms with Crippen molar-refractivity contribution in [1.82, 2.24) is 9.97 Å². The average Bonchev–Trinajstić information content (AvgIpc) is 3.16. The van der Waals surface area contributed by atoms with E-state index in [4.69, 9.17) is 10.5 Å². The van der Waals surface area contributed by atoms with E-state index in [0.29, 0.717) is 17.1 Å². The first-order valence-electron chi connectivity index (χ1n) is 8.82. The molecule has 1 amide bonds. The lowest BCUT2D eigenvalue weighted by molar-refractivity contribution is 0.100. The molecule has 146 valence electrons. The van der Waals surface area contributed by atoms with Gasteiger partial charge in [0.2, 0.25) is 5.56 Å². The topological polar surface area (TPSA) is 110 Å². The lowest BCUT2D eigenvalue weighted by Gasteiger charge is -2.12. The summed E-state index contributed by atoms with van der Waals surface area (Å²) in [5, 5.41) is 6.19. The van der Waals surface area contributed by atoms with Gasteiger partial charge in [-0.25, -0.2) is 0 Å². The van der Waals surface area contributed by atoms with Crippen molar-refractivity contribution in [3.05, 3.63) is 75.0 Å². The lowest BCUT2D eigenvalue weighted by Crippen LogP contribution is -2.12. The minimum absolute atomic E-state index is 0.188. The zero-order valence-corrected chi connectivity index (χ0v) is 16.4. The number of benzene rings is 1. The van der Waals surface area contributed by atoms with Crippen LogP contribution < -0.4 is 21.3 Å². The maximum Gasteiger partial charge on any atom is 0.260 e. The molecule has 0 aliphatic carbocycles. The molecular weight excluding hydrogens is 388 g/mol. The Labute approximate surface area is 170 Å². The van der Waals surface area contributed by atoms with E-state index in [2.05, 4.69) is 15.3 Å². The van der Waals surface area contributed by atoms with E-state index in [-0.39, 0.29) is 5.56 Å². The van der Waals surface area contributed by atoms with E-state index >= 15 is 0 Å². The van der Waals surface area contributed by atoms with Gasteiger partial charge in [0.1, 0.15) is 10.6 Å². The summed E-state index contributed by atoms with van der Waals surface area (Å²) in [5.74, 6) is 0.238. The fraction of sp³-hybridized carbons (Fsp3) is 0.0952. The van der Waals surface area contributed by atoms with E-state index in [0.717, 1.165) is 33.3 Å². The molecule has 4 N–H and O–H groups in total. The van der Waals surface area contributed by atoms with E-state index < -0.39 is 5.91 Å². The number of carbonyl (C=O) groups excluding carboxylic acids is 1. The number of fused-ring (bicyclic) bond motifs is 1. The molecule has 3 aromatic heterocycles. The summed E-state index contributed by atoms with van der Waals surface area (Å²) < 4.78 is 5.27. The number of primary amides is 1. The first-order chi connectivity index (χ1) is 14.1. The second-order valence-electron chi connectivity index (χ2n) is 6.37. The molecule has 0 fully saturated rings. The average molecular weight is 406 g/mol. The second-order valence-corrected chi connectivity index (χ2v) is 7.25. The largest absolute Gasteiger partial charge is 0.497 e.